The van der Waals surface area contributed by atoms with Gasteiger partial charge in [-0.15, -0.1) is 0 Å². The summed E-state index contributed by atoms with van der Waals surface area (Å²) in [7, 11) is -3.59. The molecule has 3 rings (SSSR count). The van der Waals surface area contributed by atoms with E-state index in [0.29, 0.717) is 12.5 Å². The van der Waals surface area contributed by atoms with Gasteiger partial charge in [0.2, 0.25) is 10.0 Å². The Balaban J connectivity index is 1.86. The second-order valence-electron chi connectivity index (χ2n) is 5.89. The molecule has 2 aliphatic rings. The Morgan fingerprint density at radius 2 is 2.10 bits per heavy atom. The Morgan fingerprint density at radius 3 is 2.81 bits per heavy atom. The number of sulfonamides is 1. The lowest BCUT2D eigenvalue weighted by molar-refractivity contribution is 0.239. The van der Waals surface area contributed by atoms with Crippen LogP contribution < -0.4 is 5.32 Å². The Morgan fingerprint density at radius 1 is 1.24 bits per heavy atom. The first-order valence-electron chi connectivity index (χ1n) is 7.57. The fourth-order valence-corrected chi connectivity index (χ4v) is 5.29. The van der Waals surface area contributed by atoms with E-state index in [9.17, 15) is 12.8 Å². The minimum atomic E-state index is -3.59. The van der Waals surface area contributed by atoms with Crippen molar-refractivity contribution in [1.82, 2.24) is 9.62 Å². The molecule has 0 radical (unpaired) electrons. The van der Waals surface area contributed by atoms with Gasteiger partial charge in [0.05, 0.1) is 4.90 Å². The summed E-state index contributed by atoms with van der Waals surface area (Å²) in [5.41, 5.74) is 0. The van der Waals surface area contributed by atoms with Crippen LogP contribution in [0.4, 0.5) is 4.39 Å². The number of hydrogen-bond acceptors (Lipinski definition) is 3. The van der Waals surface area contributed by atoms with Crippen LogP contribution in [0.2, 0.25) is 0 Å². The maximum atomic E-state index is 13.3. The fraction of sp³-hybridized carbons (Fsp3) is 0.600. The van der Waals surface area contributed by atoms with E-state index in [1.54, 1.807) is 4.31 Å². The maximum absolute atomic E-state index is 13.3. The van der Waals surface area contributed by atoms with Crippen molar-refractivity contribution in [3.63, 3.8) is 0 Å². The van der Waals surface area contributed by atoms with Crippen molar-refractivity contribution in [3.05, 3.63) is 30.1 Å². The summed E-state index contributed by atoms with van der Waals surface area (Å²) >= 11 is 0. The molecule has 0 aliphatic carbocycles. The Labute approximate surface area is 125 Å². The summed E-state index contributed by atoms with van der Waals surface area (Å²) in [5, 5.41) is 3.35. The molecule has 21 heavy (non-hydrogen) atoms. The molecule has 0 saturated carbocycles. The van der Waals surface area contributed by atoms with Crippen molar-refractivity contribution < 1.29 is 12.8 Å². The number of halogens is 1. The SMILES string of the molecule is O=S(=O)(c1cccc(F)c1)N1CCCC1C1CCCNC1. The number of piperidine rings is 1. The minimum absolute atomic E-state index is 0.0473. The largest absolute Gasteiger partial charge is 0.316 e. The molecule has 2 aliphatic heterocycles. The third-order valence-electron chi connectivity index (χ3n) is 4.53. The monoisotopic (exact) mass is 312 g/mol. The van der Waals surface area contributed by atoms with Crippen LogP contribution in [0.5, 0.6) is 0 Å². The van der Waals surface area contributed by atoms with Gasteiger partial charge >= 0.3 is 0 Å². The second-order valence-corrected chi connectivity index (χ2v) is 7.78. The van der Waals surface area contributed by atoms with E-state index < -0.39 is 15.8 Å². The van der Waals surface area contributed by atoms with Gasteiger partial charge in [0.25, 0.3) is 0 Å². The van der Waals surface area contributed by atoms with Gasteiger partial charge in [0.15, 0.2) is 0 Å². The highest BCUT2D eigenvalue weighted by Crippen LogP contribution is 2.32. The Kier molecular flexibility index (Phi) is 4.28. The van der Waals surface area contributed by atoms with Crippen molar-refractivity contribution in [1.29, 1.82) is 0 Å². The van der Waals surface area contributed by atoms with E-state index in [1.807, 2.05) is 0 Å². The van der Waals surface area contributed by atoms with E-state index in [2.05, 4.69) is 5.32 Å². The molecule has 2 heterocycles. The lowest BCUT2D eigenvalue weighted by atomic mass is 9.91. The van der Waals surface area contributed by atoms with Crippen molar-refractivity contribution in [2.75, 3.05) is 19.6 Å². The van der Waals surface area contributed by atoms with Gasteiger partial charge in [-0.2, -0.15) is 4.31 Å². The van der Waals surface area contributed by atoms with Crippen LogP contribution in [0.15, 0.2) is 29.2 Å². The average Bonchev–Trinajstić information content (AvgIpc) is 2.98. The number of rotatable bonds is 3. The normalized spacial score (nSPS) is 27.9. The van der Waals surface area contributed by atoms with Crippen LogP contribution in [0.1, 0.15) is 25.7 Å². The summed E-state index contributed by atoms with van der Waals surface area (Å²) in [5.74, 6) is -0.143. The summed E-state index contributed by atoms with van der Waals surface area (Å²) < 4.78 is 40.5. The number of nitrogens with one attached hydrogen (secondary N) is 1. The molecule has 2 atom stereocenters. The molecule has 1 N–H and O–H groups in total. The van der Waals surface area contributed by atoms with Crippen LogP contribution in [-0.2, 0) is 10.0 Å². The van der Waals surface area contributed by atoms with Crippen LogP contribution in [-0.4, -0.2) is 38.4 Å². The molecule has 0 bridgehead atoms. The predicted octanol–water partition coefficient (Wildman–Crippen LogP) is 1.98. The van der Waals surface area contributed by atoms with Crippen molar-refractivity contribution in [3.8, 4) is 0 Å². The van der Waals surface area contributed by atoms with E-state index in [4.69, 9.17) is 0 Å². The van der Waals surface area contributed by atoms with Gasteiger partial charge in [0, 0.05) is 12.6 Å². The molecule has 0 amide bonds. The molecule has 1 aromatic rings. The Bertz CT molecular complexity index is 599. The lowest BCUT2D eigenvalue weighted by Crippen LogP contribution is -2.45. The summed E-state index contributed by atoms with van der Waals surface area (Å²) in [6, 6.07) is 5.36. The first kappa shape index (κ1) is 14.9. The zero-order chi connectivity index (χ0) is 14.9. The molecule has 2 unspecified atom stereocenters. The molecule has 4 nitrogen and oxygen atoms in total. The van der Waals surface area contributed by atoms with Gasteiger partial charge in [-0.3, -0.25) is 0 Å². The molecule has 6 heteroatoms. The van der Waals surface area contributed by atoms with E-state index >= 15 is 0 Å². The number of nitrogens with zero attached hydrogens (tertiary/aromatic N) is 1. The van der Waals surface area contributed by atoms with E-state index in [-0.39, 0.29) is 10.9 Å². The smallest absolute Gasteiger partial charge is 0.243 e. The van der Waals surface area contributed by atoms with Gasteiger partial charge in [-0.1, -0.05) is 6.07 Å². The van der Waals surface area contributed by atoms with Crippen LogP contribution in [0, 0.1) is 11.7 Å². The predicted molar refractivity (Wildman–Crippen MR) is 78.9 cm³/mol. The lowest BCUT2D eigenvalue weighted by Gasteiger charge is -2.33. The van der Waals surface area contributed by atoms with Crippen LogP contribution >= 0.6 is 0 Å². The molecule has 0 aromatic heterocycles. The average molecular weight is 312 g/mol. The third kappa shape index (κ3) is 2.98. The first-order chi connectivity index (χ1) is 10.1. The van der Waals surface area contributed by atoms with Crippen LogP contribution in [0.3, 0.4) is 0 Å². The summed E-state index contributed by atoms with van der Waals surface area (Å²) in [6.45, 7) is 2.43. The quantitative estimate of drug-likeness (QED) is 0.928. The zero-order valence-corrected chi connectivity index (χ0v) is 12.8. The topological polar surface area (TPSA) is 49.4 Å². The van der Waals surface area contributed by atoms with Crippen molar-refractivity contribution in [2.45, 2.75) is 36.6 Å². The molecule has 1 aromatic carbocycles. The van der Waals surface area contributed by atoms with E-state index in [0.717, 1.165) is 44.8 Å². The molecule has 0 spiro atoms. The van der Waals surface area contributed by atoms with Gasteiger partial charge < -0.3 is 5.32 Å². The van der Waals surface area contributed by atoms with Gasteiger partial charge in [-0.25, -0.2) is 12.8 Å². The molecular formula is C15H21FN2O2S. The van der Waals surface area contributed by atoms with Gasteiger partial charge in [0.1, 0.15) is 5.82 Å². The molecule has 2 fully saturated rings. The molecular weight excluding hydrogens is 291 g/mol. The summed E-state index contributed by atoms with van der Waals surface area (Å²) in [6.07, 6.45) is 3.94. The fourth-order valence-electron chi connectivity index (χ4n) is 3.51. The van der Waals surface area contributed by atoms with Crippen molar-refractivity contribution >= 4 is 10.0 Å². The second kappa shape index (κ2) is 6.02. The Hall–Kier alpha value is -0.980. The highest BCUT2D eigenvalue weighted by Gasteiger charge is 2.39. The first-order valence-corrected chi connectivity index (χ1v) is 9.01. The number of hydrogen-bond donors (Lipinski definition) is 1. The zero-order valence-electron chi connectivity index (χ0n) is 12.0. The molecule has 2 saturated heterocycles. The third-order valence-corrected chi connectivity index (χ3v) is 6.45. The standard InChI is InChI=1S/C15H21FN2O2S/c16-13-5-1-6-14(10-13)21(19,20)18-9-3-7-15(18)12-4-2-8-17-11-12/h1,5-6,10,12,15,17H,2-4,7-9,11H2. The highest BCUT2D eigenvalue weighted by atomic mass is 32.2. The highest BCUT2D eigenvalue weighted by molar-refractivity contribution is 7.89. The minimum Gasteiger partial charge on any atom is -0.316 e. The van der Waals surface area contributed by atoms with Crippen LogP contribution in [0.25, 0.3) is 0 Å². The number of benzene rings is 1. The van der Waals surface area contributed by atoms with Crippen molar-refractivity contribution in [2.24, 2.45) is 5.92 Å². The van der Waals surface area contributed by atoms with Gasteiger partial charge in [-0.05, 0) is 62.9 Å². The summed E-state index contributed by atoms with van der Waals surface area (Å²) in [4.78, 5) is 0.0677. The maximum Gasteiger partial charge on any atom is 0.243 e. The molecule has 116 valence electrons. The van der Waals surface area contributed by atoms with E-state index in [1.165, 1.54) is 18.2 Å².